The van der Waals surface area contributed by atoms with Crippen LogP contribution in [0.5, 0.6) is 11.5 Å². The number of nitrogens with two attached hydrogens (primary N) is 1. The second-order valence-corrected chi connectivity index (χ2v) is 16.3. The van der Waals surface area contributed by atoms with E-state index in [9.17, 15) is 51.0 Å². The summed E-state index contributed by atoms with van der Waals surface area (Å²) in [5.74, 6) is -5.62. The van der Waals surface area contributed by atoms with Crippen molar-refractivity contribution in [3.8, 4) is 33.8 Å². The molecule has 3 atom stereocenters. The Morgan fingerprint density at radius 3 is 1.65 bits per heavy atom. The maximum absolute atomic E-state index is 14.8. The van der Waals surface area contributed by atoms with E-state index in [4.69, 9.17) is 19.9 Å². The third-order valence-corrected chi connectivity index (χ3v) is 11.9. The van der Waals surface area contributed by atoms with E-state index >= 15 is 0 Å². The Morgan fingerprint density at radius 1 is 0.775 bits per heavy atom. The summed E-state index contributed by atoms with van der Waals surface area (Å²) in [5.41, 5.74) is 8.76. The number of nitrogens with zero attached hydrogens (tertiary/aromatic N) is 6. The predicted octanol–water partition coefficient (Wildman–Crippen LogP) is 5.53. The molecule has 71 heavy (non-hydrogen) atoms. The first-order valence-electron chi connectivity index (χ1n) is 21.7. The number of nitrogens with one attached hydrogen (secondary N) is 2. The molecule has 6 aromatic heterocycles. The summed E-state index contributed by atoms with van der Waals surface area (Å²) in [6.07, 6.45) is 1.13. The van der Waals surface area contributed by atoms with Crippen molar-refractivity contribution in [2.45, 2.75) is 64.3 Å². The molecule has 0 radical (unpaired) electrons. The molecule has 0 saturated carbocycles. The van der Waals surface area contributed by atoms with E-state index in [1.807, 2.05) is 28.8 Å². The van der Waals surface area contributed by atoms with E-state index in [1.54, 1.807) is 56.2 Å². The van der Waals surface area contributed by atoms with Gasteiger partial charge in [0, 0.05) is 103 Å². The maximum Gasteiger partial charge on any atom is 0.408 e. The van der Waals surface area contributed by atoms with Crippen molar-refractivity contribution >= 4 is 34.8 Å². The van der Waals surface area contributed by atoms with E-state index in [0.717, 1.165) is 11.4 Å². The lowest BCUT2D eigenvalue weighted by Crippen LogP contribution is -2.43. The minimum atomic E-state index is -4.69. The topological polar surface area (TPSA) is 228 Å². The number of imidazole rings is 2. The second-order valence-electron chi connectivity index (χ2n) is 16.3. The molecule has 5 N–H and O–H groups in total. The lowest BCUT2D eigenvalue weighted by Gasteiger charge is -2.22. The highest BCUT2D eigenvalue weighted by Crippen LogP contribution is 2.33. The zero-order valence-corrected chi connectivity index (χ0v) is 39.6. The summed E-state index contributed by atoms with van der Waals surface area (Å²) >= 11 is 0. The van der Waals surface area contributed by atoms with Gasteiger partial charge in [0.2, 0.25) is 0 Å². The van der Waals surface area contributed by atoms with E-state index < -0.39 is 71.5 Å². The van der Waals surface area contributed by atoms with Gasteiger partial charge in [0.05, 0.1) is 32.5 Å². The van der Waals surface area contributed by atoms with E-state index in [-0.39, 0.29) is 35.2 Å². The predicted molar refractivity (Wildman–Crippen MR) is 251 cm³/mol. The number of anilines is 1. The van der Waals surface area contributed by atoms with Gasteiger partial charge in [-0.2, -0.15) is 13.2 Å². The highest BCUT2D eigenvalue weighted by atomic mass is 19.4. The van der Waals surface area contributed by atoms with E-state index in [1.165, 1.54) is 55.7 Å². The molecule has 1 aromatic carbocycles. The number of carboxylic acids is 1. The number of esters is 1. The first kappa shape index (κ1) is 52.3. The van der Waals surface area contributed by atoms with Gasteiger partial charge in [0.15, 0.2) is 0 Å². The number of benzene rings is 1. The van der Waals surface area contributed by atoms with Gasteiger partial charge in [-0.05, 0) is 56.7 Å². The molecular formula is C48H50F5N9O9. The largest absolute Gasteiger partial charge is 0.496 e. The summed E-state index contributed by atoms with van der Waals surface area (Å²) in [7, 11) is 7.56. The van der Waals surface area contributed by atoms with Crippen molar-refractivity contribution in [3.63, 3.8) is 0 Å². The molecule has 0 aliphatic carbocycles. The number of carbonyl (C=O) groups is 3. The van der Waals surface area contributed by atoms with Gasteiger partial charge in [0.1, 0.15) is 58.1 Å². The van der Waals surface area contributed by atoms with Crippen molar-refractivity contribution in [2.24, 2.45) is 19.8 Å². The fraction of sp³-hybridized carbons (Fsp3) is 0.312. The molecule has 0 spiro atoms. The molecule has 1 amide bonds. The zero-order chi connectivity index (χ0) is 52.2. The Hall–Kier alpha value is -8.08. The molecule has 7 rings (SSSR count). The third-order valence-electron chi connectivity index (χ3n) is 11.9. The number of hydrogen-bond donors (Lipinski definition) is 4. The number of methoxy groups -OCH3 is 3. The molecule has 6 heterocycles. The van der Waals surface area contributed by atoms with Crippen LogP contribution in [0.3, 0.4) is 0 Å². The molecule has 0 unspecified atom stereocenters. The van der Waals surface area contributed by atoms with E-state index in [2.05, 4.69) is 15.3 Å². The van der Waals surface area contributed by atoms with Crippen molar-refractivity contribution in [1.82, 2.24) is 33.2 Å². The number of hydrogen-bond acceptors (Lipinski definition) is 12. The lowest BCUT2D eigenvalue weighted by atomic mass is 10.0. The van der Waals surface area contributed by atoms with Crippen LogP contribution in [0.25, 0.3) is 33.5 Å². The van der Waals surface area contributed by atoms with Crippen LogP contribution in [0.2, 0.25) is 0 Å². The monoisotopic (exact) mass is 991 g/mol. The molecule has 0 fully saturated rings. The minimum absolute atomic E-state index is 0.171. The van der Waals surface area contributed by atoms with Gasteiger partial charge in [-0.3, -0.25) is 19.2 Å². The first-order valence-corrected chi connectivity index (χ1v) is 21.7. The Kier molecular flexibility index (Phi) is 15.7. The number of pyridine rings is 4. The number of rotatable bonds is 15. The molecule has 7 aromatic rings. The maximum atomic E-state index is 14.8. The number of alkyl halides is 3. The van der Waals surface area contributed by atoms with Gasteiger partial charge >= 0.3 is 18.1 Å². The first-order chi connectivity index (χ1) is 33.6. The van der Waals surface area contributed by atoms with Gasteiger partial charge in [-0.25, -0.2) is 23.5 Å². The number of carboxylic acid groups (broad SMARTS) is 1. The number of aromatic nitrogens is 6. The fourth-order valence-electron chi connectivity index (χ4n) is 7.85. The average molecular weight is 992 g/mol. The van der Waals surface area contributed by atoms with Gasteiger partial charge < -0.3 is 53.6 Å². The molecule has 0 aliphatic rings. The van der Waals surface area contributed by atoms with Crippen molar-refractivity contribution in [2.75, 3.05) is 26.6 Å². The van der Waals surface area contributed by atoms with Gasteiger partial charge in [-0.1, -0.05) is 6.92 Å². The molecular weight excluding hydrogens is 942 g/mol. The molecule has 0 bridgehead atoms. The third kappa shape index (κ3) is 10.7. The standard InChI is InChI=1S/C29H28F5N5O5.C19H22N4O4/c1-5-22(29(32,33)34)36-15-11-18(30)24(19(31)12-15)26(40)37-20(28(42)43)13-16-6-7-17(25-35-8-9-39(16)25)23-21(44-4)10-14(2)38(3)27(23)41;1-11-9-15(26-3)16(18(24)22(11)2)13-6-5-12(10-14(20)19(25)27-4)23-8-7-21-17(13)23/h6-12,20,22,36H,5,13H2,1-4H3,(H,37,40)(H,42,43);5-9,14H,10,20H2,1-4H3/t20-,22+;14-/m00/s1. The number of amides is 1. The number of aryl methyl sites for hydroxylation is 2. The van der Waals surface area contributed by atoms with Crippen LogP contribution in [0, 0.1) is 25.5 Å². The summed E-state index contributed by atoms with van der Waals surface area (Å²) in [6, 6.07) is 6.68. The van der Waals surface area contributed by atoms with Gasteiger partial charge in [-0.15, -0.1) is 0 Å². The number of fused-ring (bicyclic) bond motifs is 2. The highest BCUT2D eigenvalue weighted by molar-refractivity contribution is 5.97. The van der Waals surface area contributed by atoms with Crippen LogP contribution >= 0.6 is 0 Å². The van der Waals surface area contributed by atoms with E-state index in [0.29, 0.717) is 57.4 Å². The van der Waals surface area contributed by atoms with Crippen LogP contribution in [-0.4, -0.2) is 96.5 Å². The van der Waals surface area contributed by atoms with Crippen LogP contribution in [0.4, 0.5) is 27.6 Å². The smallest absolute Gasteiger partial charge is 0.408 e. The number of halogens is 5. The number of ether oxygens (including phenoxy) is 3. The van der Waals surface area contributed by atoms with Crippen molar-refractivity contribution < 1.29 is 55.7 Å². The molecule has 376 valence electrons. The quantitative estimate of drug-likeness (QED) is 0.0733. The van der Waals surface area contributed by atoms with Crippen molar-refractivity contribution in [3.05, 3.63) is 134 Å². The summed E-state index contributed by atoms with van der Waals surface area (Å²) in [5, 5.41) is 13.9. The fourth-order valence-corrected chi connectivity index (χ4v) is 7.85. The SMILES string of the molecule is CC[C@@H](Nc1cc(F)c(C(=O)N[C@@H](Cc2ccc(-c3c(OC)cc(C)n(C)c3=O)c3nccn23)C(=O)O)c(F)c1)C(F)(F)F.COC(=O)[C@@H](N)Cc1ccc(-c2c(OC)cc(C)n(C)c2=O)c2nccn12. The highest BCUT2D eigenvalue weighted by Gasteiger charge is 2.38. The Balaban J connectivity index is 0.000000261. The lowest BCUT2D eigenvalue weighted by molar-refractivity contribution is -0.143. The molecule has 0 aliphatic heterocycles. The summed E-state index contributed by atoms with van der Waals surface area (Å²) in [6.45, 7) is 4.81. The summed E-state index contributed by atoms with van der Waals surface area (Å²) in [4.78, 5) is 71.3. The minimum Gasteiger partial charge on any atom is -0.496 e. The second kappa shape index (κ2) is 21.3. The van der Waals surface area contributed by atoms with Crippen LogP contribution < -0.4 is 37.0 Å². The Labute approximate surface area is 401 Å². The molecule has 18 nitrogen and oxygen atoms in total. The zero-order valence-electron chi connectivity index (χ0n) is 39.6. The normalized spacial score (nSPS) is 12.7. The van der Waals surface area contributed by atoms with Crippen molar-refractivity contribution in [1.29, 1.82) is 0 Å². The average Bonchev–Trinajstić information content (AvgIpc) is 4.03. The van der Waals surface area contributed by atoms with Crippen LogP contribution in [0.15, 0.2) is 82.9 Å². The Bertz CT molecular complexity index is 3270. The van der Waals surface area contributed by atoms with Crippen LogP contribution in [-0.2, 0) is 41.3 Å². The van der Waals surface area contributed by atoms with Gasteiger partial charge in [0.25, 0.3) is 17.0 Å². The number of aliphatic carboxylic acids is 1. The number of carbonyl (C=O) groups excluding carboxylic acids is 2. The molecule has 0 saturated heterocycles. The summed E-state index contributed by atoms with van der Waals surface area (Å²) < 4.78 is 90.7. The van der Waals surface area contributed by atoms with Crippen LogP contribution in [0.1, 0.15) is 46.5 Å². The Morgan fingerprint density at radius 2 is 1.24 bits per heavy atom. The molecule has 23 heteroatoms.